The van der Waals surface area contributed by atoms with E-state index in [0.29, 0.717) is 12.0 Å². The van der Waals surface area contributed by atoms with E-state index in [1.54, 1.807) is 7.11 Å². The Hall–Kier alpha value is -1.80. The van der Waals surface area contributed by atoms with Gasteiger partial charge in [-0.1, -0.05) is 42.5 Å². The van der Waals surface area contributed by atoms with Crippen molar-refractivity contribution in [2.24, 2.45) is 0 Å². The summed E-state index contributed by atoms with van der Waals surface area (Å²) >= 11 is 0. The largest absolute Gasteiger partial charge is 0.496 e. The lowest BCUT2D eigenvalue weighted by atomic mass is 9.76. The molecule has 0 amide bonds. The zero-order valence-corrected chi connectivity index (χ0v) is 12.1. The fourth-order valence-electron chi connectivity index (χ4n) is 3.37. The molecule has 0 radical (unpaired) electrons. The number of nitrogens with one attached hydrogen (secondary N) is 1. The summed E-state index contributed by atoms with van der Waals surface area (Å²) in [5.41, 5.74) is 4.16. The van der Waals surface area contributed by atoms with E-state index in [1.165, 1.54) is 16.7 Å². The van der Waals surface area contributed by atoms with Crippen LogP contribution in [0.25, 0.3) is 0 Å². The lowest BCUT2D eigenvalue weighted by Gasteiger charge is -2.32. The Morgan fingerprint density at radius 2 is 1.55 bits per heavy atom. The number of methoxy groups -OCH3 is 1. The van der Waals surface area contributed by atoms with Crippen LogP contribution in [0.5, 0.6) is 5.75 Å². The average Bonchev–Trinajstić information content (AvgIpc) is 2.53. The Kier molecular flexibility index (Phi) is 3.75. The average molecular weight is 267 g/mol. The molecule has 0 saturated carbocycles. The zero-order chi connectivity index (χ0) is 13.9. The van der Waals surface area contributed by atoms with Crippen molar-refractivity contribution in [3.63, 3.8) is 0 Å². The molecule has 2 nitrogen and oxygen atoms in total. The van der Waals surface area contributed by atoms with Crippen LogP contribution >= 0.6 is 0 Å². The molecular weight excluding hydrogens is 246 g/mol. The standard InChI is InChI=1S/C18H21NO/c1-19-17-12-11-14(13-7-3-4-8-15(13)17)16-9-5-6-10-18(16)20-2/h3-10,14,17,19H,11-12H2,1-2H3/t14-,17+/m1/s1. The molecule has 2 heteroatoms. The molecule has 3 rings (SSSR count). The van der Waals surface area contributed by atoms with Gasteiger partial charge in [-0.25, -0.2) is 0 Å². The molecule has 0 fully saturated rings. The van der Waals surface area contributed by atoms with Gasteiger partial charge in [0.15, 0.2) is 0 Å². The second-order valence-electron chi connectivity index (χ2n) is 5.34. The van der Waals surface area contributed by atoms with Gasteiger partial charge < -0.3 is 10.1 Å². The third-order valence-electron chi connectivity index (χ3n) is 4.35. The first-order valence-corrected chi connectivity index (χ1v) is 7.24. The van der Waals surface area contributed by atoms with Crippen LogP contribution in [0, 0.1) is 0 Å². The van der Waals surface area contributed by atoms with Gasteiger partial charge in [0.2, 0.25) is 0 Å². The summed E-state index contributed by atoms with van der Waals surface area (Å²) in [5, 5.41) is 3.43. The van der Waals surface area contributed by atoms with Crippen LogP contribution in [0.1, 0.15) is 41.5 Å². The van der Waals surface area contributed by atoms with E-state index >= 15 is 0 Å². The molecule has 1 aliphatic rings. The Labute approximate surface area is 120 Å². The number of rotatable bonds is 3. The molecule has 0 saturated heterocycles. The molecule has 104 valence electrons. The van der Waals surface area contributed by atoms with E-state index in [0.717, 1.165) is 18.6 Å². The van der Waals surface area contributed by atoms with Crippen molar-refractivity contribution in [2.45, 2.75) is 24.8 Å². The highest BCUT2D eigenvalue weighted by molar-refractivity contribution is 5.46. The molecule has 1 N–H and O–H groups in total. The van der Waals surface area contributed by atoms with Crippen molar-refractivity contribution < 1.29 is 4.74 Å². The summed E-state index contributed by atoms with van der Waals surface area (Å²) in [4.78, 5) is 0. The Morgan fingerprint density at radius 3 is 2.25 bits per heavy atom. The number of fused-ring (bicyclic) bond motifs is 1. The van der Waals surface area contributed by atoms with Gasteiger partial charge >= 0.3 is 0 Å². The van der Waals surface area contributed by atoms with Gasteiger partial charge in [0.25, 0.3) is 0 Å². The Bertz CT molecular complexity index is 593. The van der Waals surface area contributed by atoms with Crippen LogP contribution in [0.15, 0.2) is 48.5 Å². The van der Waals surface area contributed by atoms with Crippen molar-refractivity contribution in [3.05, 3.63) is 65.2 Å². The van der Waals surface area contributed by atoms with Gasteiger partial charge in [-0.3, -0.25) is 0 Å². The molecule has 0 unspecified atom stereocenters. The second-order valence-corrected chi connectivity index (χ2v) is 5.34. The molecule has 20 heavy (non-hydrogen) atoms. The summed E-state index contributed by atoms with van der Waals surface area (Å²) in [5.74, 6) is 1.43. The number of hydrogen-bond donors (Lipinski definition) is 1. The minimum atomic E-state index is 0.437. The first-order chi connectivity index (χ1) is 9.85. The monoisotopic (exact) mass is 267 g/mol. The topological polar surface area (TPSA) is 21.3 Å². The third-order valence-corrected chi connectivity index (χ3v) is 4.35. The fraction of sp³-hybridized carbons (Fsp3) is 0.333. The van der Waals surface area contributed by atoms with E-state index in [1.807, 2.05) is 13.1 Å². The van der Waals surface area contributed by atoms with Crippen LogP contribution in [0.4, 0.5) is 0 Å². The smallest absolute Gasteiger partial charge is 0.122 e. The molecule has 2 aromatic carbocycles. The molecule has 0 spiro atoms. The summed E-state index contributed by atoms with van der Waals surface area (Å²) in [6, 6.07) is 17.6. The van der Waals surface area contributed by atoms with Crippen molar-refractivity contribution >= 4 is 0 Å². The van der Waals surface area contributed by atoms with Crippen molar-refractivity contribution in [1.82, 2.24) is 5.32 Å². The number of hydrogen-bond acceptors (Lipinski definition) is 2. The van der Waals surface area contributed by atoms with Gasteiger partial charge in [-0.15, -0.1) is 0 Å². The van der Waals surface area contributed by atoms with Crippen LogP contribution in [-0.2, 0) is 0 Å². The van der Waals surface area contributed by atoms with Gasteiger partial charge in [0, 0.05) is 17.5 Å². The molecule has 0 aliphatic heterocycles. The lowest BCUT2D eigenvalue weighted by molar-refractivity contribution is 0.400. The Morgan fingerprint density at radius 1 is 0.900 bits per heavy atom. The zero-order valence-electron chi connectivity index (χ0n) is 12.1. The summed E-state index contributed by atoms with van der Waals surface area (Å²) in [6.07, 6.45) is 2.32. The highest BCUT2D eigenvalue weighted by atomic mass is 16.5. The van der Waals surface area contributed by atoms with Crippen LogP contribution in [0.2, 0.25) is 0 Å². The number of para-hydroxylation sites is 1. The lowest BCUT2D eigenvalue weighted by Crippen LogP contribution is -2.24. The predicted molar refractivity (Wildman–Crippen MR) is 82.3 cm³/mol. The summed E-state index contributed by atoms with van der Waals surface area (Å²) < 4.78 is 5.55. The molecule has 1 aliphatic carbocycles. The Balaban J connectivity index is 2.07. The number of benzene rings is 2. The molecular formula is C18H21NO. The van der Waals surface area contributed by atoms with E-state index in [2.05, 4.69) is 47.8 Å². The molecule has 0 bridgehead atoms. The fourth-order valence-corrected chi connectivity index (χ4v) is 3.37. The molecule has 2 atom stereocenters. The van der Waals surface area contributed by atoms with E-state index in [4.69, 9.17) is 4.74 Å². The number of ether oxygens (including phenoxy) is 1. The highest BCUT2D eigenvalue weighted by Gasteiger charge is 2.28. The van der Waals surface area contributed by atoms with Crippen LogP contribution in [-0.4, -0.2) is 14.2 Å². The summed E-state index contributed by atoms with van der Waals surface area (Å²) in [6.45, 7) is 0. The van der Waals surface area contributed by atoms with Gasteiger partial charge in [-0.05, 0) is 37.1 Å². The molecule has 2 aromatic rings. The van der Waals surface area contributed by atoms with Gasteiger partial charge in [-0.2, -0.15) is 0 Å². The first kappa shape index (κ1) is 13.2. The maximum atomic E-state index is 5.55. The summed E-state index contributed by atoms with van der Waals surface area (Å²) in [7, 11) is 3.80. The SMILES string of the molecule is CN[C@H]1CC[C@@H](c2ccccc2OC)c2ccccc21. The van der Waals surface area contributed by atoms with Crippen molar-refractivity contribution in [3.8, 4) is 5.75 Å². The van der Waals surface area contributed by atoms with Crippen molar-refractivity contribution in [1.29, 1.82) is 0 Å². The molecule has 0 heterocycles. The maximum absolute atomic E-state index is 5.55. The third kappa shape index (κ3) is 2.20. The van der Waals surface area contributed by atoms with Crippen molar-refractivity contribution in [2.75, 3.05) is 14.2 Å². The van der Waals surface area contributed by atoms with Crippen LogP contribution < -0.4 is 10.1 Å². The van der Waals surface area contributed by atoms with Gasteiger partial charge in [0.1, 0.15) is 5.75 Å². The normalized spacial score (nSPS) is 21.3. The second kappa shape index (κ2) is 5.68. The minimum absolute atomic E-state index is 0.437. The minimum Gasteiger partial charge on any atom is -0.496 e. The van der Waals surface area contributed by atoms with E-state index < -0.39 is 0 Å². The van der Waals surface area contributed by atoms with E-state index in [9.17, 15) is 0 Å². The first-order valence-electron chi connectivity index (χ1n) is 7.24. The van der Waals surface area contributed by atoms with Gasteiger partial charge in [0.05, 0.1) is 7.11 Å². The van der Waals surface area contributed by atoms with Crippen LogP contribution in [0.3, 0.4) is 0 Å². The quantitative estimate of drug-likeness (QED) is 0.911. The predicted octanol–water partition coefficient (Wildman–Crippen LogP) is 3.88. The highest BCUT2D eigenvalue weighted by Crippen LogP contribution is 2.43. The van der Waals surface area contributed by atoms with E-state index in [-0.39, 0.29) is 0 Å². The molecule has 0 aromatic heterocycles. The maximum Gasteiger partial charge on any atom is 0.122 e.